The number of alkyl halides is 3. The lowest BCUT2D eigenvalue weighted by molar-refractivity contribution is -0.141. The van der Waals surface area contributed by atoms with Crippen molar-refractivity contribution in [1.29, 1.82) is 5.26 Å². The topological polar surface area (TPSA) is 104 Å². The van der Waals surface area contributed by atoms with Crippen molar-refractivity contribution in [2.45, 2.75) is 32.1 Å². The lowest BCUT2D eigenvalue weighted by Crippen LogP contribution is -2.31. The molecule has 0 saturated carbocycles. The second kappa shape index (κ2) is 8.30. The van der Waals surface area contributed by atoms with Crippen LogP contribution in [-0.4, -0.2) is 32.9 Å². The number of nitriles is 1. The molecule has 0 aliphatic carbocycles. The smallest absolute Gasteiger partial charge is 0.350 e. The fraction of sp³-hybridized carbons (Fsp3) is 0.286. The van der Waals surface area contributed by atoms with Gasteiger partial charge in [-0.1, -0.05) is 12.1 Å². The minimum atomic E-state index is -4.65. The molecule has 1 N–H and O–H groups in total. The van der Waals surface area contributed by atoms with E-state index in [1.807, 2.05) is 0 Å². The maximum atomic E-state index is 13.1. The number of fused-ring (bicyclic) bond motifs is 1. The van der Waals surface area contributed by atoms with E-state index in [1.54, 1.807) is 18.2 Å². The highest BCUT2D eigenvalue weighted by molar-refractivity contribution is 5.95. The highest BCUT2D eigenvalue weighted by Crippen LogP contribution is 2.32. The monoisotopic (exact) mass is 442 g/mol. The van der Waals surface area contributed by atoms with Gasteiger partial charge in [0.15, 0.2) is 0 Å². The lowest BCUT2D eigenvalue weighted by atomic mass is 10.2. The Kier molecular flexibility index (Phi) is 5.52. The number of halogens is 3. The van der Waals surface area contributed by atoms with Crippen molar-refractivity contribution >= 4 is 28.7 Å². The van der Waals surface area contributed by atoms with Crippen LogP contribution in [0.15, 0.2) is 36.7 Å². The molecule has 2 aromatic heterocycles. The van der Waals surface area contributed by atoms with Gasteiger partial charge in [-0.15, -0.1) is 0 Å². The third-order valence-corrected chi connectivity index (χ3v) is 5.12. The molecule has 8 nitrogen and oxygen atoms in total. The van der Waals surface area contributed by atoms with Gasteiger partial charge in [0.2, 0.25) is 11.8 Å². The van der Waals surface area contributed by atoms with E-state index >= 15 is 0 Å². The van der Waals surface area contributed by atoms with Crippen molar-refractivity contribution in [1.82, 2.24) is 19.9 Å². The fourth-order valence-corrected chi connectivity index (χ4v) is 3.62. The van der Waals surface area contributed by atoms with Gasteiger partial charge in [-0.05, 0) is 24.6 Å². The van der Waals surface area contributed by atoms with Crippen LogP contribution in [-0.2, 0) is 28.9 Å². The zero-order chi connectivity index (χ0) is 22.9. The van der Waals surface area contributed by atoms with Crippen LogP contribution in [0.5, 0.6) is 0 Å². The molecule has 1 saturated heterocycles. The van der Waals surface area contributed by atoms with Gasteiger partial charge in [0.1, 0.15) is 24.1 Å². The number of carbonyl (C=O) groups is 2. The normalized spacial score (nSPS) is 14.1. The molecule has 0 radical (unpaired) electrons. The third-order valence-electron chi connectivity index (χ3n) is 5.12. The number of hydrogen-bond donors (Lipinski definition) is 1. The van der Waals surface area contributed by atoms with Gasteiger partial charge >= 0.3 is 6.18 Å². The van der Waals surface area contributed by atoms with Crippen molar-refractivity contribution in [2.24, 2.45) is 0 Å². The summed E-state index contributed by atoms with van der Waals surface area (Å²) in [5.74, 6) is -0.837. The number of aromatic nitrogens is 3. The third kappa shape index (κ3) is 4.12. The highest BCUT2D eigenvalue weighted by atomic mass is 19.4. The van der Waals surface area contributed by atoms with E-state index in [2.05, 4.69) is 21.4 Å². The van der Waals surface area contributed by atoms with E-state index in [9.17, 15) is 28.0 Å². The first kappa shape index (κ1) is 21.3. The molecule has 164 valence electrons. The summed E-state index contributed by atoms with van der Waals surface area (Å²) >= 11 is 0. The summed E-state index contributed by atoms with van der Waals surface area (Å²) in [6.07, 6.45) is -2.45. The number of imidazole rings is 1. The van der Waals surface area contributed by atoms with Crippen LogP contribution in [0.4, 0.5) is 19.0 Å². The number of para-hydroxylation sites is 1. The molecule has 4 rings (SSSR count). The number of amides is 2. The molecule has 0 bridgehead atoms. The van der Waals surface area contributed by atoms with E-state index < -0.39 is 17.8 Å². The van der Waals surface area contributed by atoms with Gasteiger partial charge in [-0.25, -0.2) is 9.97 Å². The Balaban J connectivity index is 1.54. The molecule has 1 aromatic carbocycles. The van der Waals surface area contributed by atoms with Crippen LogP contribution < -0.4 is 10.2 Å². The van der Waals surface area contributed by atoms with Crippen LogP contribution in [0, 0.1) is 11.3 Å². The summed E-state index contributed by atoms with van der Waals surface area (Å²) in [5.41, 5.74) is 0.656. The Labute approximate surface area is 180 Å². The molecule has 32 heavy (non-hydrogen) atoms. The van der Waals surface area contributed by atoms with Gasteiger partial charge in [0.05, 0.1) is 22.9 Å². The molecule has 3 aromatic rings. The molecule has 3 heterocycles. The summed E-state index contributed by atoms with van der Waals surface area (Å²) in [6.45, 7) is 0.0219. The van der Waals surface area contributed by atoms with E-state index in [0.29, 0.717) is 28.6 Å². The number of benzene rings is 1. The molecular formula is C21H17F3N6O2. The Hall–Kier alpha value is -3.94. The fourth-order valence-electron chi connectivity index (χ4n) is 3.62. The average Bonchev–Trinajstić information content (AvgIpc) is 3.37. The van der Waals surface area contributed by atoms with Crippen LogP contribution in [0.25, 0.3) is 11.0 Å². The Morgan fingerprint density at radius 2 is 2.06 bits per heavy atom. The van der Waals surface area contributed by atoms with Crippen molar-refractivity contribution in [2.75, 3.05) is 11.4 Å². The predicted octanol–water partition coefficient (Wildman–Crippen LogP) is 2.76. The second-order valence-electron chi connectivity index (χ2n) is 7.26. The second-order valence-corrected chi connectivity index (χ2v) is 7.26. The van der Waals surface area contributed by atoms with Gasteiger partial charge < -0.3 is 9.88 Å². The molecular weight excluding hydrogens is 425 g/mol. The van der Waals surface area contributed by atoms with E-state index in [1.165, 1.54) is 21.9 Å². The average molecular weight is 442 g/mol. The number of anilines is 1. The summed E-state index contributed by atoms with van der Waals surface area (Å²) < 4.78 is 40.9. The number of rotatable bonds is 5. The molecule has 0 unspecified atom stereocenters. The molecule has 1 fully saturated rings. The zero-order valence-corrected chi connectivity index (χ0v) is 16.7. The van der Waals surface area contributed by atoms with Gasteiger partial charge in [-0.2, -0.15) is 18.4 Å². The van der Waals surface area contributed by atoms with E-state index in [4.69, 9.17) is 0 Å². The number of carbonyl (C=O) groups excluding carboxylic acids is 2. The SMILES string of the molecule is N#Cc1cccc2ncn(CC(=O)NCc3ccc(C(F)(F)F)nc3N3CCCC3=O)c12. The number of pyridine rings is 1. The highest BCUT2D eigenvalue weighted by Gasteiger charge is 2.35. The first-order valence-corrected chi connectivity index (χ1v) is 9.76. The van der Waals surface area contributed by atoms with Crippen LogP contribution in [0.3, 0.4) is 0 Å². The zero-order valence-electron chi connectivity index (χ0n) is 16.7. The van der Waals surface area contributed by atoms with Crippen LogP contribution in [0.1, 0.15) is 29.7 Å². The summed E-state index contributed by atoms with van der Waals surface area (Å²) in [7, 11) is 0. The molecule has 11 heteroatoms. The summed E-state index contributed by atoms with van der Waals surface area (Å²) in [5, 5.41) is 11.9. The predicted molar refractivity (Wildman–Crippen MR) is 107 cm³/mol. The number of hydrogen-bond acceptors (Lipinski definition) is 5. The number of nitrogens with zero attached hydrogens (tertiary/aromatic N) is 5. The standard InChI is InChI=1S/C21H17F3N6O2/c22-21(23,24)16-7-6-14(20(28-16)30-8-2-5-18(30)32)10-26-17(31)11-29-12-27-15-4-1-3-13(9-25)19(15)29/h1,3-4,6-7,12H,2,5,8,10-11H2,(H,26,31). The van der Waals surface area contributed by atoms with Crippen LogP contribution >= 0.6 is 0 Å². The van der Waals surface area contributed by atoms with Crippen molar-refractivity contribution < 1.29 is 22.8 Å². The van der Waals surface area contributed by atoms with Crippen LogP contribution in [0.2, 0.25) is 0 Å². The number of nitrogens with one attached hydrogen (secondary N) is 1. The molecule has 1 aliphatic heterocycles. The van der Waals surface area contributed by atoms with Crippen molar-refractivity contribution in [3.05, 3.63) is 53.5 Å². The van der Waals surface area contributed by atoms with E-state index in [0.717, 1.165) is 6.07 Å². The minimum Gasteiger partial charge on any atom is -0.350 e. The van der Waals surface area contributed by atoms with Gasteiger partial charge in [0, 0.05) is 25.1 Å². The Bertz CT molecular complexity index is 1240. The van der Waals surface area contributed by atoms with Gasteiger partial charge in [0.25, 0.3) is 0 Å². The molecule has 0 spiro atoms. The quantitative estimate of drug-likeness (QED) is 0.655. The van der Waals surface area contributed by atoms with Gasteiger partial charge in [-0.3, -0.25) is 14.5 Å². The molecule has 2 amide bonds. The van der Waals surface area contributed by atoms with Crippen molar-refractivity contribution in [3.63, 3.8) is 0 Å². The molecule has 0 atom stereocenters. The Morgan fingerprint density at radius 1 is 1.25 bits per heavy atom. The first-order chi connectivity index (χ1) is 15.3. The summed E-state index contributed by atoms with van der Waals surface area (Å²) in [6, 6.07) is 9.13. The Morgan fingerprint density at radius 3 is 2.75 bits per heavy atom. The largest absolute Gasteiger partial charge is 0.433 e. The molecule has 1 aliphatic rings. The van der Waals surface area contributed by atoms with Crippen molar-refractivity contribution in [3.8, 4) is 6.07 Å². The minimum absolute atomic E-state index is 0.0949. The lowest BCUT2D eigenvalue weighted by Gasteiger charge is -2.20. The maximum Gasteiger partial charge on any atom is 0.433 e. The maximum absolute atomic E-state index is 13.1. The summed E-state index contributed by atoms with van der Waals surface area (Å²) in [4.78, 5) is 33.7. The first-order valence-electron chi connectivity index (χ1n) is 9.76. The van der Waals surface area contributed by atoms with E-state index in [-0.39, 0.29) is 37.8 Å².